The standard InChI is InChI=1S/C12H13N3O2/c1-8(16)9-2-4-11(5-3-9)15-7-10(6-14-15)12(13)17/h2-8,16H,1H3,(H2,13,17)/t8-/m1/s1. The second-order valence-corrected chi connectivity index (χ2v) is 3.81. The molecule has 0 saturated carbocycles. The lowest BCUT2D eigenvalue weighted by atomic mass is 10.1. The minimum Gasteiger partial charge on any atom is -0.389 e. The Hall–Kier alpha value is -2.14. The molecule has 0 unspecified atom stereocenters. The van der Waals surface area contributed by atoms with E-state index in [1.165, 1.54) is 6.20 Å². The van der Waals surface area contributed by atoms with Crippen molar-refractivity contribution in [1.82, 2.24) is 9.78 Å². The number of aliphatic hydroxyl groups excluding tert-OH is 1. The monoisotopic (exact) mass is 231 g/mol. The average Bonchev–Trinajstić information content (AvgIpc) is 2.78. The number of carbonyl (C=O) groups excluding carboxylic acids is 1. The van der Waals surface area contributed by atoms with E-state index in [0.717, 1.165) is 11.3 Å². The van der Waals surface area contributed by atoms with Crippen molar-refractivity contribution in [3.05, 3.63) is 47.8 Å². The molecule has 0 spiro atoms. The maximum Gasteiger partial charge on any atom is 0.251 e. The molecule has 88 valence electrons. The molecule has 1 amide bonds. The molecule has 1 heterocycles. The molecule has 0 aliphatic heterocycles. The Bertz CT molecular complexity index is 529. The smallest absolute Gasteiger partial charge is 0.251 e. The van der Waals surface area contributed by atoms with Crippen LogP contribution in [0.2, 0.25) is 0 Å². The molecule has 17 heavy (non-hydrogen) atoms. The Labute approximate surface area is 98.5 Å². The van der Waals surface area contributed by atoms with Gasteiger partial charge in [0.1, 0.15) is 0 Å². The van der Waals surface area contributed by atoms with Gasteiger partial charge in [-0.1, -0.05) is 12.1 Å². The van der Waals surface area contributed by atoms with Crippen molar-refractivity contribution < 1.29 is 9.90 Å². The number of benzene rings is 1. The first-order chi connectivity index (χ1) is 8.08. The Balaban J connectivity index is 2.30. The maximum absolute atomic E-state index is 10.9. The van der Waals surface area contributed by atoms with Gasteiger partial charge in [-0.3, -0.25) is 4.79 Å². The van der Waals surface area contributed by atoms with Crippen molar-refractivity contribution in [2.45, 2.75) is 13.0 Å². The number of aliphatic hydroxyl groups is 1. The molecule has 5 heteroatoms. The number of nitrogens with two attached hydrogens (primary N) is 1. The number of hydrogen-bond donors (Lipinski definition) is 2. The number of primary amides is 1. The first-order valence-corrected chi connectivity index (χ1v) is 5.21. The lowest BCUT2D eigenvalue weighted by molar-refractivity contribution is 0.100. The van der Waals surface area contributed by atoms with Gasteiger partial charge in [-0.15, -0.1) is 0 Å². The van der Waals surface area contributed by atoms with Crippen molar-refractivity contribution in [3.8, 4) is 5.69 Å². The topological polar surface area (TPSA) is 81.1 Å². The summed E-state index contributed by atoms with van der Waals surface area (Å²) < 4.78 is 1.56. The fourth-order valence-electron chi connectivity index (χ4n) is 1.50. The SMILES string of the molecule is C[C@@H](O)c1ccc(-n2cc(C(N)=O)cn2)cc1. The van der Waals surface area contributed by atoms with Gasteiger partial charge in [0.15, 0.2) is 0 Å². The van der Waals surface area contributed by atoms with Gasteiger partial charge < -0.3 is 10.8 Å². The second-order valence-electron chi connectivity index (χ2n) is 3.81. The normalized spacial score (nSPS) is 12.4. The average molecular weight is 231 g/mol. The molecule has 0 aliphatic carbocycles. The van der Waals surface area contributed by atoms with Crippen molar-refractivity contribution in [3.63, 3.8) is 0 Å². The number of nitrogens with zero attached hydrogens (tertiary/aromatic N) is 2. The lowest BCUT2D eigenvalue weighted by Gasteiger charge is -2.06. The Morgan fingerprint density at radius 2 is 2.06 bits per heavy atom. The number of rotatable bonds is 3. The van der Waals surface area contributed by atoms with E-state index in [0.29, 0.717) is 5.56 Å². The van der Waals surface area contributed by atoms with Crippen LogP contribution in [0.25, 0.3) is 5.69 Å². The van der Waals surface area contributed by atoms with Crippen molar-refractivity contribution in [2.75, 3.05) is 0 Å². The zero-order chi connectivity index (χ0) is 12.4. The molecule has 5 nitrogen and oxygen atoms in total. The molecule has 3 N–H and O–H groups in total. The summed E-state index contributed by atoms with van der Waals surface area (Å²) in [5.41, 5.74) is 7.15. The van der Waals surface area contributed by atoms with Gasteiger partial charge in [0.2, 0.25) is 0 Å². The fourth-order valence-corrected chi connectivity index (χ4v) is 1.50. The van der Waals surface area contributed by atoms with Crippen LogP contribution in [0.1, 0.15) is 28.9 Å². The highest BCUT2D eigenvalue weighted by molar-refractivity contribution is 5.92. The first kappa shape index (κ1) is 11.3. The number of amides is 1. The van der Waals surface area contributed by atoms with Crippen LogP contribution in [0.4, 0.5) is 0 Å². The van der Waals surface area contributed by atoms with E-state index in [-0.39, 0.29) is 0 Å². The molecule has 1 aromatic heterocycles. The molecular weight excluding hydrogens is 218 g/mol. The lowest BCUT2D eigenvalue weighted by Crippen LogP contribution is -2.09. The second kappa shape index (κ2) is 4.39. The minimum absolute atomic E-state index is 0.365. The van der Waals surface area contributed by atoms with Crippen molar-refractivity contribution in [1.29, 1.82) is 0 Å². The van der Waals surface area contributed by atoms with E-state index in [1.807, 2.05) is 24.3 Å². The van der Waals surface area contributed by atoms with Crippen LogP contribution in [-0.2, 0) is 0 Å². The zero-order valence-corrected chi connectivity index (χ0v) is 9.37. The summed E-state index contributed by atoms with van der Waals surface area (Å²) in [6, 6.07) is 7.26. The number of hydrogen-bond acceptors (Lipinski definition) is 3. The highest BCUT2D eigenvalue weighted by Gasteiger charge is 2.06. The third-order valence-corrected chi connectivity index (χ3v) is 2.51. The van der Waals surface area contributed by atoms with Crippen LogP contribution >= 0.6 is 0 Å². The van der Waals surface area contributed by atoms with Gasteiger partial charge in [-0.05, 0) is 24.6 Å². The van der Waals surface area contributed by atoms with E-state index in [4.69, 9.17) is 5.73 Å². The highest BCUT2D eigenvalue weighted by atomic mass is 16.3. The van der Waals surface area contributed by atoms with Crippen molar-refractivity contribution >= 4 is 5.91 Å². The molecule has 0 saturated heterocycles. The summed E-state index contributed by atoms with van der Waals surface area (Å²) >= 11 is 0. The first-order valence-electron chi connectivity index (χ1n) is 5.21. The highest BCUT2D eigenvalue weighted by Crippen LogP contribution is 2.15. The summed E-state index contributed by atoms with van der Waals surface area (Å²) in [4.78, 5) is 10.9. The molecule has 2 rings (SSSR count). The van der Waals surface area contributed by atoms with Crippen LogP contribution in [0.15, 0.2) is 36.7 Å². The van der Waals surface area contributed by atoms with Crippen LogP contribution in [0.5, 0.6) is 0 Å². The molecule has 0 fully saturated rings. The summed E-state index contributed by atoms with van der Waals surface area (Å²) in [5.74, 6) is -0.503. The fraction of sp³-hybridized carbons (Fsp3) is 0.167. The maximum atomic E-state index is 10.9. The van der Waals surface area contributed by atoms with E-state index < -0.39 is 12.0 Å². The molecule has 1 atom stereocenters. The zero-order valence-electron chi connectivity index (χ0n) is 9.37. The van der Waals surface area contributed by atoms with Crippen LogP contribution in [-0.4, -0.2) is 20.8 Å². The van der Waals surface area contributed by atoms with Gasteiger partial charge in [-0.25, -0.2) is 4.68 Å². The summed E-state index contributed by atoms with van der Waals surface area (Å²) in [5, 5.41) is 13.4. The van der Waals surface area contributed by atoms with E-state index >= 15 is 0 Å². The minimum atomic E-state index is -0.503. The van der Waals surface area contributed by atoms with Crippen LogP contribution in [0.3, 0.4) is 0 Å². The van der Waals surface area contributed by atoms with Gasteiger partial charge in [-0.2, -0.15) is 5.10 Å². The van der Waals surface area contributed by atoms with Gasteiger partial charge in [0.05, 0.1) is 23.6 Å². The van der Waals surface area contributed by atoms with Crippen LogP contribution in [0, 0.1) is 0 Å². The predicted molar refractivity (Wildman–Crippen MR) is 62.7 cm³/mol. The molecule has 0 bridgehead atoms. The van der Waals surface area contributed by atoms with E-state index in [9.17, 15) is 9.90 Å². The molecule has 2 aromatic rings. The van der Waals surface area contributed by atoms with Gasteiger partial charge in [0, 0.05) is 6.20 Å². The van der Waals surface area contributed by atoms with E-state index in [1.54, 1.807) is 17.8 Å². The van der Waals surface area contributed by atoms with Gasteiger partial charge >= 0.3 is 0 Å². The summed E-state index contributed by atoms with van der Waals surface area (Å²) in [6.45, 7) is 1.70. The molecule has 1 aromatic carbocycles. The predicted octanol–water partition coefficient (Wildman–Crippen LogP) is 1.02. The van der Waals surface area contributed by atoms with Crippen molar-refractivity contribution in [2.24, 2.45) is 5.73 Å². The molecule has 0 aliphatic rings. The third kappa shape index (κ3) is 2.34. The van der Waals surface area contributed by atoms with E-state index in [2.05, 4.69) is 5.10 Å². The summed E-state index contributed by atoms with van der Waals surface area (Å²) in [7, 11) is 0. The molecular formula is C12H13N3O2. The largest absolute Gasteiger partial charge is 0.389 e. The Kier molecular flexibility index (Phi) is 2.93. The quantitative estimate of drug-likeness (QED) is 0.827. The number of carbonyl (C=O) groups is 1. The Morgan fingerprint density at radius 1 is 1.41 bits per heavy atom. The van der Waals surface area contributed by atoms with Crippen LogP contribution < -0.4 is 5.73 Å². The third-order valence-electron chi connectivity index (χ3n) is 2.51. The van der Waals surface area contributed by atoms with Gasteiger partial charge in [0.25, 0.3) is 5.91 Å². The Morgan fingerprint density at radius 3 is 2.53 bits per heavy atom. The molecule has 0 radical (unpaired) electrons. The summed E-state index contributed by atoms with van der Waals surface area (Å²) in [6.07, 6.45) is 2.49. The number of aromatic nitrogens is 2.